The van der Waals surface area contributed by atoms with E-state index in [1.165, 1.54) is 6.07 Å². The average molecular weight is 251 g/mol. The molecule has 0 amide bonds. The smallest absolute Gasteiger partial charge is 0.354 e. The van der Waals surface area contributed by atoms with E-state index in [4.69, 9.17) is 5.11 Å². The molecule has 100 valence electrons. The summed E-state index contributed by atoms with van der Waals surface area (Å²) in [6, 6.07) is 1.75. The van der Waals surface area contributed by atoms with Gasteiger partial charge >= 0.3 is 5.97 Å². The first-order valence-electron chi connectivity index (χ1n) is 6.13. The Kier molecular flexibility index (Phi) is 4.64. The van der Waals surface area contributed by atoms with Gasteiger partial charge in [-0.3, -0.25) is 0 Å². The highest BCUT2D eigenvalue weighted by molar-refractivity contribution is 5.85. The minimum Gasteiger partial charge on any atom is -0.477 e. The highest BCUT2D eigenvalue weighted by Crippen LogP contribution is 2.16. The summed E-state index contributed by atoms with van der Waals surface area (Å²) in [4.78, 5) is 21.3. The number of aromatic carboxylic acids is 1. The minimum absolute atomic E-state index is 0.0427. The van der Waals surface area contributed by atoms with Crippen LogP contribution in [0.2, 0.25) is 0 Å². The number of carbonyl (C=O) groups is 1. The summed E-state index contributed by atoms with van der Waals surface area (Å²) in [5, 5.41) is 8.99. The van der Waals surface area contributed by atoms with Gasteiger partial charge in [0.25, 0.3) is 0 Å². The molecule has 5 nitrogen and oxygen atoms in total. The molecule has 1 unspecified atom stereocenters. The molecule has 0 saturated carbocycles. The van der Waals surface area contributed by atoms with Crippen LogP contribution in [-0.2, 0) is 0 Å². The van der Waals surface area contributed by atoms with Crippen LogP contribution in [0.25, 0.3) is 0 Å². The third kappa shape index (κ3) is 3.68. The molecule has 1 heterocycles. The maximum atomic E-state index is 11.0. The number of nitrogens with zero attached hydrogens (tertiary/aromatic N) is 3. The summed E-state index contributed by atoms with van der Waals surface area (Å²) < 4.78 is 0. The summed E-state index contributed by atoms with van der Waals surface area (Å²) >= 11 is 0. The van der Waals surface area contributed by atoms with Gasteiger partial charge in [0, 0.05) is 18.8 Å². The van der Waals surface area contributed by atoms with E-state index >= 15 is 0 Å². The van der Waals surface area contributed by atoms with Crippen LogP contribution in [0.5, 0.6) is 0 Å². The highest BCUT2D eigenvalue weighted by Gasteiger charge is 2.16. The summed E-state index contributed by atoms with van der Waals surface area (Å²) in [6.45, 7) is 8.18. The first-order valence-corrected chi connectivity index (χ1v) is 6.13. The molecule has 18 heavy (non-hydrogen) atoms. The number of carboxylic acid groups (broad SMARTS) is 1. The fraction of sp³-hybridized carbons (Fsp3) is 0.615. The monoisotopic (exact) mass is 251 g/mol. The van der Waals surface area contributed by atoms with Gasteiger partial charge in [-0.25, -0.2) is 14.8 Å². The van der Waals surface area contributed by atoms with Crippen molar-refractivity contribution in [1.29, 1.82) is 0 Å². The summed E-state index contributed by atoms with van der Waals surface area (Å²) in [5.41, 5.74) is 0.710. The molecule has 0 aliphatic rings. The van der Waals surface area contributed by atoms with Gasteiger partial charge in [0.1, 0.15) is 0 Å². The lowest BCUT2D eigenvalue weighted by molar-refractivity contribution is 0.0690. The SMILES string of the molecule is Cc1cc(C(=O)O)nc(N(C)C(C)CC(C)C)n1. The van der Waals surface area contributed by atoms with Gasteiger partial charge in [-0.1, -0.05) is 13.8 Å². The van der Waals surface area contributed by atoms with E-state index in [1.807, 2.05) is 11.9 Å². The molecule has 1 N–H and O–H groups in total. The normalized spacial score (nSPS) is 12.6. The van der Waals surface area contributed by atoms with Crippen LogP contribution in [-0.4, -0.2) is 34.1 Å². The molecule has 1 atom stereocenters. The Labute approximate surface area is 108 Å². The molecule has 0 radical (unpaired) electrons. The van der Waals surface area contributed by atoms with Crippen LogP contribution in [0.15, 0.2) is 6.07 Å². The van der Waals surface area contributed by atoms with Crippen LogP contribution >= 0.6 is 0 Å². The standard InChI is InChI=1S/C13H21N3O2/c1-8(2)6-10(4)16(5)13-14-9(3)7-11(15-13)12(17)18/h7-8,10H,6H2,1-5H3,(H,17,18). The Morgan fingerprint density at radius 1 is 1.39 bits per heavy atom. The van der Waals surface area contributed by atoms with E-state index in [1.54, 1.807) is 6.92 Å². The van der Waals surface area contributed by atoms with Gasteiger partial charge in [0.05, 0.1) is 0 Å². The van der Waals surface area contributed by atoms with Crippen molar-refractivity contribution in [1.82, 2.24) is 9.97 Å². The third-order valence-electron chi connectivity index (χ3n) is 2.85. The van der Waals surface area contributed by atoms with E-state index in [0.29, 0.717) is 17.6 Å². The van der Waals surface area contributed by atoms with Gasteiger partial charge in [-0.15, -0.1) is 0 Å². The van der Waals surface area contributed by atoms with Crippen molar-refractivity contribution in [3.8, 4) is 0 Å². The molecule has 0 bridgehead atoms. The average Bonchev–Trinajstić information content (AvgIpc) is 2.26. The van der Waals surface area contributed by atoms with Crippen molar-refractivity contribution in [3.05, 3.63) is 17.5 Å². The first kappa shape index (κ1) is 14.4. The van der Waals surface area contributed by atoms with Crippen LogP contribution in [0.3, 0.4) is 0 Å². The maximum absolute atomic E-state index is 11.0. The topological polar surface area (TPSA) is 66.3 Å². The fourth-order valence-electron chi connectivity index (χ4n) is 1.86. The van der Waals surface area contributed by atoms with Gasteiger partial charge in [-0.2, -0.15) is 0 Å². The van der Waals surface area contributed by atoms with Crippen LogP contribution in [0.1, 0.15) is 43.4 Å². The Bertz CT molecular complexity index is 432. The lowest BCUT2D eigenvalue weighted by Crippen LogP contribution is -2.32. The Hall–Kier alpha value is -1.65. The minimum atomic E-state index is -1.02. The summed E-state index contributed by atoms with van der Waals surface area (Å²) in [5.74, 6) is 0.0263. The number of aryl methyl sites for hydroxylation is 1. The summed E-state index contributed by atoms with van der Waals surface area (Å²) in [6.07, 6.45) is 1.01. The maximum Gasteiger partial charge on any atom is 0.354 e. The van der Waals surface area contributed by atoms with E-state index in [0.717, 1.165) is 6.42 Å². The molecule has 1 aromatic rings. The number of aromatic nitrogens is 2. The lowest BCUT2D eigenvalue weighted by Gasteiger charge is -2.26. The van der Waals surface area contributed by atoms with Crippen molar-refractivity contribution in [3.63, 3.8) is 0 Å². The Morgan fingerprint density at radius 2 is 2.00 bits per heavy atom. The second kappa shape index (κ2) is 5.80. The highest BCUT2D eigenvalue weighted by atomic mass is 16.4. The zero-order valence-electron chi connectivity index (χ0n) is 11.6. The van der Waals surface area contributed by atoms with Gasteiger partial charge < -0.3 is 10.0 Å². The van der Waals surface area contributed by atoms with Crippen molar-refractivity contribution in [2.45, 2.75) is 40.2 Å². The summed E-state index contributed by atoms with van der Waals surface area (Å²) in [7, 11) is 1.90. The van der Waals surface area contributed by atoms with Gasteiger partial charge in [0.2, 0.25) is 5.95 Å². The first-order chi connectivity index (χ1) is 8.31. The molecule has 0 aliphatic carbocycles. The Morgan fingerprint density at radius 3 is 2.50 bits per heavy atom. The van der Waals surface area contributed by atoms with E-state index in [2.05, 4.69) is 30.7 Å². The second-order valence-corrected chi connectivity index (χ2v) is 5.09. The molecule has 0 saturated heterocycles. The number of anilines is 1. The number of carboxylic acids is 1. The van der Waals surface area contributed by atoms with Crippen molar-refractivity contribution < 1.29 is 9.90 Å². The number of hydrogen-bond donors (Lipinski definition) is 1. The number of hydrogen-bond acceptors (Lipinski definition) is 4. The lowest BCUT2D eigenvalue weighted by atomic mass is 10.0. The van der Waals surface area contributed by atoms with E-state index < -0.39 is 5.97 Å². The Balaban J connectivity index is 2.98. The molecular weight excluding hydrogens is 230 g/mol. The van der Waals surface area contributed by atoms with Gasteiger partial charge in [0.15, 0.2) is 5.69 Å². The zero-order chi connectivity index (χ0) is 13.9. The zero-order valence-corrected chi connectivity index (χ0v) is 11.6. The molecule has 5 heteroatoms. The molecule has 0 aromatic carbocycles. The van der Waals surface area contributed by atoms with Gasteiger partial charge in [-0.05, 0) is 32.3 Å². The van der Waals surface area contributed by atoms with E-state index in [-0.39, 0.29) is 11.7 Å². The number of rotatable bonds is 5. The molecule has 0 fully saturated rings. The molecule has 1 rings (SSSR count). The fourth-order valence-corrected chi connectivity index (χ4v) is 1.86. The van der Waals surface area contributed by atoms with Crippen molar-refractivity contribution in [2.24, 2.45) is 5.92 Å². The van der Waals surface area contributed by atoms with Crippen LogP contribution in [0, 0.1) is 12.8 Å². The van der Waals surface area contributed by atoms with Crippen molar-refractivity contribution in [2.75, 3.05) is 11.9 Å². The predicted octanol–water partition coefficient (Wildman–Crippen LogP) is 2.35. The van der Waals surface area contributed by atoms with Crippen LogP contribution < -0.4 is 4.90 Å². The van der Waals surface area contributed by atoms with Crippen LogP contribution in [0.4, 0.5) is 5.95 Å². The third-order valence-corrected chi connectivity index (χ3v) is 2.85. The molecule has 0 spiro atoms. The second-order valence-electron chi connectivity index (χ2n) is 5.09. The largest absolute Gasteiger partial charge is 0.477 e. The van der Waals surface area contributed by atoms with E-state index in [9.17, 15) is 4.79 Å². The predicted molar refractivity (Wildman–Crippen MR) is 71.0 cm³/mol. The quantitative estimate of drug-likeness (QED) is 0.870. The molecule has 0 aliphatic heterocycles. The molecule has 1 aromatic heterocycles. The van der Waals surface area contributed by atoms with Crippen molar-refractivity contribution >= 4 is 11.9 Å². The molecular formula is C13H21N3O2.